The zero-order valence-electron chi connectivity index (χ0n) is 11.9. The van der Waals surface area contributed by atoms with E-state index < -0.39 is 0 Å². The van der Waals surface area contributed by atoms with Crippen LogP contribution in [0.5, 0.6) is 5.75 Å². The summed E-state index contributed by atoms with van der Waals surface area (Å²) >= 11 is 0. The summed E-state index contributed by atoms with van der Waals surface area (Å²) in [4.78, 5) is 11.2. The van der Waals surface area contributed by atoms with Crippen LogP contribution in [0.15, 0.2) is 18.2 Å². The number of hydrogen-bond donors (Lipinski definition) is 2. The first kappa shape index (κ1) is 15.5. The van der Waals surface area contributed by atoms with Crippen LogP contribution in [0.3, 0.4) is 0 Å². The molecule has 0 aliphatic carbocycles. The molecule has 0 unspecified atom stereocenters. The summed E-state index contributed by atoms with van der Waals surface area (Å²) in [5.41, 5.74) is 7.17. The minimum absolute atomic E-state index is 0.00982. The molecule has 19 heavy (non-hydrogen) atoms. The van der Waals surface area contributed by atoms with E-state index in [1.165, 1.54) is 5.56 Å². The summed E-state index contributed by atoms with van der Waals surface area (Å²) in [5, 5.41) is 0. The Balaban J connectivity index is 2.65. The van der Waals surface area contributed by atoms with E-state index in [2.05, 4.69) is 30.8 Å². The van der Waals surface area contributed by atoms with E-state index >= 15 is 0 Å². The van der Waals surface area contributed by atoms with Gasteiger partial charge in [-0.25, -0.2) is 5.43 Å². The standard InChI is InChI=1S/C14H22N2O3/c1-10(2)11-5-6-13(18-4)12(7-11)8-19-9-14(17)16-15-3/h5-7,10,15H,8-9H2,1-4H3,(H,16,17). The molecule has 0 heterocycles. The molecule has 106 valence electrons. The average Bonchev–Trinajstić information content (AvgIpc) is 2.38. The number of rotatable bonds is 7. The number of benzene rings is 1. The molecule has 0 spiro atoms. The molecule has 0 atom stereocenters. The Kier molecular flexibility index (Phi) is 6.32. The molecule has 0 saturated carbocycles. The van der Waals surface area contributed by atoms with Crippen molar-refractivity contribution in [3.8, 4) is 5.75 Å². The van der Waals surface area contributed by atoms with Crippen LogP contribution in [0.25, 0.3) is 0 Å². The number of ether oxygens (including phenoxy) is 2. The molecule has 0 aliphatic heterocycles. The van der Waals surface area contributed by atoms with Gasteiger partial charge >= 0.3 is 0 Å². The lowest BCUT2D eigenvalue weighted by atomic mass is 10.0. The number of hydrazine groups is 1. The van der Waals surface area contributed by atoms with E-state index in [1.54, 1.807) is 14.2 Å². The molecule has 0 saturated heterocycles. The third-order valence-corrected chi connectivity index (χ3v) is 2.73. The van der Waals surface area contributed by atoms with Crippen molar-refractivity contribution in [2.45, 2.75) is 26.4 Å². The maximum absolute atomic E-state index is 11.2. The molecule has 0 radical (unpaired) electrons. The summed E-state index contributed by atoms with van der Waals surface area (Å²) in [6.45, 7) is 4.62. The quantitative estimate of drug-likeness (QED) is 0.736. The highest BCUT2D eigenvalue weighted by atomic mass is 16.5. The lowest BCUT2D eigenvalue weighted by Crippen LogP contribution is -2.36. The van der Waals surface area contributed by atoms with Gasteiger partial charge in [0.05, 0.1) is 13.7 Å². The normalized spacial score (nSPS) is 10.6. The largest absolute Gasteiger partial charge is 0.496 e. The number of amides is 1. The maximum atomic E-state index is 11.2. The molecule has 0 aliphatic rings. The fourth-order valence-electron chi connectivity index (χ4n) is 1.70. The highest BCUT2D eigenvalue weighted by Gasteiger charge is 2.08. The van der Waals surface area contributed by atoms with Crippen LogP contribution in [0.1, 0.15) is 30.9 Å². The summed E-state index contributed by atoms with van der Waals surface area (Å²) in [6, 6.07) is 6.03. The van der Waals surface area contributed by atoms with Gasteiger partial charge in [-0.1, -0.05) is 19.9 Å². The third-order valence-electron chi connectivity index (χ3n) is 2.73. The summed E-state index contributed by atoms with van der Waals surface area (Å²) in [6.07, 6.45) is 0. The van der Waals surface area contributed by atoms with E-state index in [0.717, 1.165) is 11.3 Å². The van der Waals surface area contributed by atoms with E-state index in [4.69, 9.17) is 9.47 Å². The lowest BCUT2D eigenvalue weighted by molar-refractivity contribution is -0.126. The molecule has 0 bridgehead atoms. The van der Waals surface area contributed by atoms with Gasteiger partial charge in [-0.3, -0.25) is 10.2 Å². The summed E-state index contributed by atoms with van der Waals surface area (Å²) in [7, 11) is 3.26. The van der Waals surface area contributed by atoms with Crippen LogP contribution in [-0.4, -0.2) is 26.7 Å². The molecule has 5 heteroatoms. The van der Waals surface area contributed by atoms with Crippen molar-refractivity contribution in [2.24, 2.45) is 0 Å². The Hall–Kier alpha value is -1.59. The van der Waals surface area contributed by atoms with Crippen molar-refractivity contribution in [3.05, 3.63) is 29.3 Å². The second-order valence-electron chi connectivity index (χ2n) is 4.52. The number of hydrogen-bond acceptors (Lipinski definition) is 4. The van der Waals surface area contributed by atoms with Gasteiger partial charge in [0.25, 0.3) is 5.91 Å². The number of methoxy groups -OCH3 is 1. The maximum Gasteiger partial charge on any atom is 0.260 e. The van der Waals surface area contributed by atoms with Gasteiger partial charge in [0.15, 0.2) is 0 Å². The van der Waals surface area contributed by atoms with E-state index in [1.807, 2.05) is 12.1 Å². The zero-order valence-corrected chi connectivity index (χ0v) is 11.9. The Morgan fingerprint density at radius 2 is 2.11 bits per heavy atom. The Labute approximate surface area is 114 Å². The van der Waals surface area contributed by atoms with Crippen LogP contribution in [-0.2, 0) is 16.1 Å². The first-order chi connectivity index (χ1) is 9.08. The van der Waals surface area contributed by atoms with Crippen LogP contribution >= 0.6 is 0 Å². The minimum atomic E-state index is -0.207. The molecule has 1 rings (SSSR count). The topological polar surface area (TPSA) is 59.6 Å². The van der Waals surface area contributed by atoms with E-state index in [0.29, 0.717) is 12.5 Å². The third kappa shape index (κ3) is 4.89. The van der Waals surface area contributed by atoms with Crippen molar-refractivity contribution in [1.82, 2.24) is 10.9 Å². The van der Waals surface area contributed by atoms with Crippen LogP contribution < -0.4 is 15.6 Å². The Morgan fingerprint density at radius 3 is 2.68 bits per heavy atom. The monoisotopic (exact) mass is 266 g/mol. The predicted octanol–water partition coefficient (Wildman–Crippen LogP) is 1.59. The van der Waals surface area contributed by atoms with Crippen molar-refractivity contribution >= 4 is 5.91 Å². The lowest BCUT2D eigenvalue weighted by Gasteiger charge is -2.13. The second kappa shape index (κ2) is 7.76. The SMILES string of the molecule is CNNC(=O)COCc1cc(C(C)C)ccc1OC. The fourth-order valence-corrected chi connectivity index (χ4v) is 1.70. The van der Waals surface area contributed by atoms with E-state index in [-0.39, 0.29) is 12.5 Å². The highest BCUT2D eigenvalue weighted by Crippen LogP contribution is 2.24. The molecular weight excluding hydrogens is 244 g/mol. The first-order valence-corrected chi connectivity index (χ1v) is 6.28. The van der Waals surface area contributed by atoms with Gasteiger partial charge in [-0.05, 0) is 23.6 Å². The van der Waals surface area contributed by atoms with Crippen molar-refractivity contribution in [1.29, 1.82) is 0 Å². The van der Waals surface area contributed by atoms with Gasteiger partial charge in [0, 0.05) is 12.6 Å². The number of nitrogens with one attached hydrogen (secondary N) is 2. The van der Waals surface area contributed by atoms with Gasteiger partial charge in [0.2, 0.25) is 0 Å². The van der Waals surface area contributed by atoms with Crippen LogP contribution in [0, 0.1) is 0 Å². The Morgan fingerprint density at radius 1 is 1.37 bits per heavy atom. The van der Waals surface area contributed by atoms with Gasteiger partial charge in [-0.15, -0.1) is 0 Å². The molecule has 0 fully saturated rings. The van der Waals surface area contributed by atoms with Crippen LogP contribution in [0.4, 0.5) is 0 Å². The second-order valence-corrected chi connectivity index (χ2v) is 4.52. The van der Waals surface area contributed by atoms with Crippen molar-refractivity contribution < 1.29 is 14.3 Å². The molecule has 0 aromatic heterocycles. The molecular formula is C14H22N2O3. The zero-order chi connectivity index (χ0) is 14.3. The summed E-state index contributed by atoms with van der Waals surface area (Å²) < 4.78 is 10.7. The summed E-state index contributed by atoms with van der Waals surface area (Å²) in [5.74, 6) is 1.01. The average molecular weight is 266 g/mol. The van der Waals surface area contributed by atoms with Gasteiger partial charge in [-0.2, -0.15) is 0 Å². The smallest absolute Gasteiger partial charge is 0.260 e. The number of carbonyl (C=O) groups excluding carboxylic acids is 1. The van der Waals surface area contributed by atoms with Crippen LogP contribution in [0.2, 0.25) is 0 Å². The van der Waals surface area contributed by atoms with Gasteiger partial charge < -0.3 is 9.47 Å². The van der Waals surface area contributed by atoms with E-state index in [9.17, 15) is 4.79 Å². The molecule has 1 aromatic carbocycles. The fraction of sp³-hybridized carbons (Fsp3) is 0.500. The Bertz CT molecular complexity index is 419. The predicted molar refractivity (Wildman–Crippen MR) is 73.9 cm³/mol. The van der Waals surface area contributed by atoms with Gasteiger partial charge in [0.1, 0.15) is 12.4 Å². The minimum Gasteiger partial charge on any atom is -0.496 e. The van der Waals surface area contributed by atoms with Crippen molar-refractivity contribution in [2.75, 3.05) is 20.8 Å². The van der Waals surface area contributed by atoms with Crippen molar-refractivity contribution in [3.63, 3.8) is 0 Å². The molecule has 1 aromatic rings. The number of carbonyl (C=O) groups is 1. The molecule has 1 amide bonds. The highest BCUT2D eigenvalue weighted by molar-refractivity contribution is 5.76. The molecule has 2 N–H and O–H groups in total. The first-order valence-electron chi connectivity index (χ1n) is 6.28. The molecule has 5 nitrogen and oxygen atoms in total.